The largest absolute Gasteiger partial charge is 0.378 e. The van der Waals surface area contributed by atoms with Gasteiger partial charge in [0.25, 0.3) is 0 Å². The van der Waals surface area contributed by atoms with Crippen molar-refractivity contribution in [3.63, 3.8) is 0 Å². The van der Waals surface area contributed by atoms with Gasteiger partial charge in [-0.3, -0.25) is 4.98 Å². The minimum atomic E-state index is 0.729. The normalized spacial score (nSPS) is 10.6. The molecule has 2 rings (SSSR count). The van der Waals surface area contributed by atoms with E-state index in [2.05, 4.69) is 66.2 Å². The number of hydrogen-bond acceptors (Lipinski definition) is 4. The van der Waals surface area contributed by atoms with Crippen LogP contribution in [0.5, 0.6) is 0 Å². The molecule has 0 amide bonds. The van der Waals surface area contributed by atoms with E-state index in [4.69, 9.17) is 0 Å². The molecule has 0 atom stereocenters. The minimum Gasteiger partial charge on any atom is -0.378 e. The summed E-state index contributed by atoms with van der Waals surface area (Å²) >= 11 is 4.33. The van der Waals surface area contributed by atoms with Crippen LogP contribution >= 0.6 is 12.6 Å². The third-order valence-corrected chi connectivity index (χ3v) is 3.62. The summed E-state index contributed by atoms with van der Waals surface area (Å²) in [5, 5.41) is 3.23. The Balaban J connectivity index is 2.48. The predicted octanol–water partition coefficient (Wildman–Crippen LogP) is 2.96. The van der Waals surface area contributed by atoms with Gasteiger partial charge in [0.1, 0.15) is 0 Å². The lowest BCUT2D eigenvalue weighted by molar-refractivity contribution is 0.818. The van der Waals surface area contributed by atoms with E-state index in [1.807, 2.05) is 19.3 Å². The molecule has 2 aromatic rings. The van der Waals surface area contributed by atoms with Crippen LogP contribution in [0, 0.1) is 0 Å². The van der Waals surface area contributed by atoms with Crippen molar-refractivity contribution in [1.82, 2.24) is 10.3 Å². The van der Waals surface area contributed by atoms with E-state index in [1.54, 1.807) is 0 Å². The van der Waals surface area contributed by atoms with Gasteiger partial charge in [-0.2, -0.15) is 12.6 Å². The Labute approximate surface area is 126 Å². The molecule has 0 radical (unpaired) electrons. The average Bonchev–Trinajstić information content (AvgIpc) is 2.47. The van der Waals surface area contributed by atoms with Crippen LogP contribution in [0.1, 0.15) is 11.1 Å². The Kier molecular flexibility index (Phi) is 5.04. The predicted molar refractivity (Wildman–Crippen MR) is 89.5 cm³/mol. The second-order valence-electron chi connectivity index (χ2n) is 4.97. The third kappa shape index (κ3) is 3.32. The Morgan fingerprint density at radius 2 is 2.00 bits per heavy atom. The van der Waals surface area contributed by atoms with Gasteiger partial charge in [0, 0.05) is 43.8 Å². The molecule has 3 nitrogen and oxygen atoms in total. The molecule has 1 aromatic carbocycles. The van der Waals surface area contributed by atoms with Gasteiger partial charge in [-0.25, -0.2) is 0 Å². The van der Waals surface area contributed by atoms with E-state index in [0.29, 0.717) is 0 Å². The van der Waals surface area contributed by atoms with Crippen molar-refractivity contribution in [2.24, 2.45) is 0 Å². The zero-order chi connectivity index (χ0) is 14.5. The maximum Gasteiger partial charge on any atom is 0.0708 e. The summed E-state index contributed by atoms with van der Waals surface area (Å²) in [4.78, 5) is 6.61. The van der Waals surface area contributed by atoms with Crippen molar-refractivity contribution in [3.8, 4) is 11.3 Å². The quantitative estimate of drug-likeness (QED) is 0.828. The number of aromatic nitrogens is 1. The molecule has 1 N–H and O–H groups in total. The van der Waals surface area contributed by atoms with Crippen molar-refractivity contribution in [3.05, 3.63) is 47.7 Å². The molecule has 0 aliphatic rings. The summed E-state index contributed by atoms with van der Waals surface area (Å²) in [6.07, 6.45) is 1.85. The first-order valence-corrected chi connectivity index (χ1v) is 7.30. The zero-order valence-corrected chi connectivity index (χ0v) is 13.1. The number of nitrogens with one attached hydrogen (secondary N) is 1. The molecule has 1 aromatic heterocycles. The van der Waals surface area contributed by atoms with Gasteiger partial charge in [-0.15, -0.1) is 0 Å². The highest BCUT2D eigenvalue weighted by atomic mass is 32.1. The van der Waals surface area contributed by atoms with Gasteiger partial charge in [-0.1, -0.05) is 6.07 Å². The van der Waals surface area contributed by atoms with Crippen molar-refractivity contribution >= 4 is 18.3 Å². The maximum absolute atomic E-state index is 4.50. The summed E-state index contributed by atoms with van der Waals surface area (Å²) in [6.45, 7) is 0.823. The molecule has 20 heavy (non-hydrogen) atoms. The Morgan fingerprint density at radius 3 is 2.65 bits per heavy atom. The van der Waals surface area contributed by atoms with Crippen molar-refractivity contribution in [2.45, 2.75) is 12.3 Å². The lowest BCUT2D eigenvalue weighted by atomic mass is 10.0. The van der Waals surface area contributed by atoms with Gasteiger partial charge >= 0.3 is 0 Å². The first-order chi connectivity index (χ1) is 9.65. The van der Waals surface area contributed by atoms with E-state index in [-0.39, 0.29) is 0 Å². The molecule has 0 aliphatic heterocycles. The fourth-order valence-electron chi connectivity index (χ4n) is 2.16. The van der Waals surface area contributed by atoms with E-state index >= 15 is 0 Å². The number of nitrogens with zero attached hydrogens (tertiary/aromatic N) is 2. The fraction of sp³-hybridized carbons (Fsp3) is 0.312. The molecular formula is C16H21N3S. The molecular weight excluding hydrogens is 266 g/mol. The second kappa shape index (κ2) is 6.77. The molecule has 106 valence electrons. The average molecular weight is 287 g/mol. The van der Waals surface area contributed by atoms with Crippen LogP contribution in [0.4, 0.5) is 5.69 Å². The van der Waals surface area contributed by atoms with Crippen molar-refractivity contribution in [1.29, 1.82) is 0 Å². The van der Waals surface area contributed by atoms with E-state index in [0.717, 1.165) is 18.0 Å². The molecule has 0 saturated carbocycles. The number of pyridine rings is 1. The van der Waals surface area contributed by atoms with Gasteiger partial charge in [-0.05, 0) is 42.4 Å². The Morgan fingerprint density at radius 1 is 1.20 bits per heavy atom. The summed E-state index contributed by atoms with van der Waals surface area (Å²) in [5.74, 6) is 0.729. The van der Waals surface area contributed by atoms with Crippen LogP contribution in [0.25, 0.3) is 11.3 Å². The third-order valence-electron chi connectivity index (χ3n) is 3.26. The highest BCUT2D eigenvalue weighted by Gasteiger charge is 2.08. The second-order valence-corrected chi connectivity index (χ2v) is 5.29. The standard InChI is InChI=1S/C16H21N3S/c1-17-10-13-9-14(19(2)3)4-5-15(13)16-8-12(11-20)6-7-18-16/h4-9,17,20H,10-11H2,1-3H3. The molecule has 0 fully saturated rings. The Bertz CT molecular complexity index is 582. The summed E-state index contributed by atoms with van der Waals surface area (Å²) in [5.41, 5.74) is 5.82. The van der Waals surface area contributed by atoms with E-state index in [9.17, 15) is 0 Å². The number of hydrogen-bond donors (Lipinski definition) is 2. The van der Waals surface area contributed by atoms with Gasteiger partial charge in [0.05, 0.1) is 5.69 Å². The van der Waals surface area contributed by atoms with Crippen LogP contribution in [0.2, 0.25) is 0 Å². The first kappa shape index (κ1) is 14.9. The molecule has 0 bridgehead atoms. The monoisotopic (exact) mass is 287 g/mol. The number of anilines is 1. The molecule has 0 saturated heterocycles. The number of thiol groups is 1. The minimum absolute atomic E-state index is 0.729. The van der Waals surface area contributed by atoms with Crippen LogP contribution in [-0.4, -0.2) is 26.1 Å². The highest BCUT2D eigenvalue weighted by Crippen LogP contribution is 2.27. The summed E-state index contributed by atoms with van der Waals surface area (Å²) in [6, 6.07) is 10.6. The van der Waals surface area contributed by atoms with Crippen LogP contribution in [-0.2, 0) is 12.3 Å². The van der Waals surface area contributed by atoms with Crippen LogP contribution < -0.4 is 10.2 Å². The van der Waals surface area contributed by atoms with Gasteiger partial charge in [0.2, 0.25) is 0 Å². The molecule has 4 heteroatoms. The molecule has 0 aliphatic carbocycles. The van der Waals surface area contributed by atoms with Crippen LogP contribution in [0.15, 0.2) is 36.5 Å². The van der Waals surface area contributed by atoms with E-state index < -0.39 is 0 Å². The lowest BCUT2D eigenvalue weighted by Crippen LogP contribution is -2.11. The number of benzene rings is 1. The fourth-order valence-corrected chi connectivity index (χ4v) is 2.36. The molecule has 1 heterocycles. The number of rotatable bonds is 5. The van der Waals surface area contributed by atoms with E-state index in [1.165, 1.54) is 22.4 Å². The molecule has 0 unspecified atom stereocenters. The summed E-state index contributed by atoms with van der Waals surface area (Å²) in [7, 11) is 6.07. The highest BCUT2D eigenvalue weighted by molar-refractivity contribution is 7.79. The zero-order valence-electron chi connectivity index (χ0n) is 12.2. The van der Waals surface area contributed by atoms with Crippen molar-refractivity contribution < 1.29 is 0 Å². The SMILES string of the molecule is CNCc1cc(N(C)C)ccc1-c1cc(CS)ccn1. The van der Waals surface area contributed by atoms with Gasteiger partial charge < -0.3 is 10.2 Å². The maximum atomic E-state index is 4.50. The lowest BCUT2D eigenvalue weighted by Gasteiger charge is -2.17. The Hall–Kier alpha value is -1.52. The first-order valence-electron chi connectivity index (χ1n) is 6.66. The van der Waals surface area contributed by atoms with Crippen LogP contribution in [0.3, 0.4) is 0 Å². The smallest absolute Gasteiger partial charge is 0.0708 e. The topological polar surface area (TPSA) is 28.2 Å². The van der Waals surface area contributed by atoms with Crippen molar-refractivity contribution in [2.75, 3.05) is 26.0 Å². The summed E-state index contributed by atoms with van der Waals surface area (Å²) < 4.78 is 0. The molecule has 0 spiro atoms. The van der Waals surface area contributed by atoms with Gasteiger partial charge in [0.15, 0.2) is 0 Å².